The van der Waals surface area contributed by atoms with Crippen molar-refractivity contribution in [3.63, 3.8) is 0 Å². The molecule has 1 aliphatic carbocycles. The molecule has 0 heterocycles. The summed E-state index contributed by atoms with van der Waals surface area (Å²) in [6.45, 7) is 1.98. The van der Waals surface area contributed by atoms with Crippen LogP contribution in [0.5, 0.6) is 0 Å². The molecule has 3 nitrogen and oxygen atoms in total. The number of hydrogen-bond acceptors (Lipinski definition) is 3. The first-order valence-corrected chi connectivity index (χ1v) is 10.5. The second-order valence-corrected chi connectivity index (χ2v) is 8.99. The molecule has 2 N–H and O–H groups in total. The van der Waals surface area contributed by atoms with E-state index in [2.05, 4.69) is 15.9 Å². The van der Waals surface area contributed by atoms with Crippen LogP contribution in [0.1, 0.15) is 22.6 Å². The van der Waals surface area contributed by atoms with Crippen LogP contribution in [0, 0.1) is 18.6 Å². The van der Waals surface area contributed by atoms with Gasteiger partial charge in [0.25, 0.3) is 0 Å². The smallest absolute Gasteiger partial charge is 0.224 e. The highest BCUT2D eigenvalue weighted by Gasteiger charge is 2.23. The summed E-state index contributed by atoms with van der Waals surface area (Å²) in [5.74, 6) is -2.61. The summed E-state index contributed by atoms with van der Waals surface area (Å²) in [5, 5.41) is 4.85. The van der Waals surface area contributed by atoms with Crippen molar-refractivity contribution in [1.29, 1.82) is 0 Å². The van der Waals surface area contributed by atoms with E-state index in [0.29, 0.717) is 10.4 Å². The summed E-state index contributed by atoms with van der Waals surface area (Å²) in [6, 6.07) is 7.79. The maximum Gasteiger partial charge on any atom is 0.243 e. The Hall–Kier alpha value is -1.74. The lowest BCUT2D eigenvalue weighted by Gasteiger charge is -2.19. The van der Waals surface area contributed by atoms with E-state index in [4.69, 9.17) is 17.4 Å². The van der Waals surface area contributed by atoms with Gasteiger partial charge in [0.05, 0.1) is 0 Å². The number of hydrogen-bond donors (Lipinski definition) is 1. The van der Waals surface area contributed by atoms with Gasteiger partial charge in [-0.1, -0.05) is 52.4 Å². The Labute approximate surface area is 169 Å². The molecule has 140 valence electrons. The molecular weight excluding hydrogens is 456 g/mol. The molecule has 2 aromatic rings. The van der Waals surface area contributed by atoms with E-state index in [1.165, 1.54) is 0 Å². The number of primary sulfonamides is 1. The number of sulfonamides is 1. The maximum absolute atomic E-state index is 14.1. The Morgan fingerprint density at radius 1 is 1.15 bits per heavy atom. The molecule has 1 atom stereocenters. The molecule has 0 amide bonds. The molecule has 27 heavy (non-hydrogen) atoms. The molecule has 3 rings (SSSR count). The SMILES string of the molecule is Cc1cc(C2C=CC(c3cc(F)c(S(N)(=O)=O)c(F)c3)=CC2=S)ccc1Br. The number of nitrogens with two attached hydrogens (primary N) is 1. The average Bonchev–Trinajstić information content (AvgIpc) is 2.55. The number of aryl methyl sites for hydroxylation is 1. The van der Waals surface area contributed by atoms with Crippen LogP contribution in [0.25, 0.3) is 5.57 Å². The normalized spacial score (nSPS) is 17.1. The third-order valence-electron chi connectivity index (χ3n) is 4.23. The Bertz CT molecular complexity index is 1100. The summed E-state index contributed by atoms with van der Waals surface area (Å²) in [5.41, 5.74) is 2.75. The zero-order chi connectivity index (χ0) is 19.9. The second-order valence-electron chi connectivity index (χ2n) is 6.16. The molecule has 0 spiro atoms. The molecule has 0 saturated heterocycles. The van der Waals surface area contributed by atoms with Gasteiger partial charge >= 0.3 is 0 Å². The van der Waals surface area contributed by atoms with Crippen LogP contribution in [0.4, 0.5) is 8.78 Å². The highest BCUT2D eigenvalue weighted by molar-refractivity contribution is 9.10. The molecule has 1 unspecified atom stereocenters. The van der Waals surface area contributed by atoms with Gasteiger partial charge in [0.2, 0.25) is 10.0 Å². The van der Waals surface area contributed by atoms with Crippen molar-refractivity contribution in [2.75, 3.05) is 0 Å². The summed E-state index contributed by atoms with van der Waals surface area (Å²) in [6.07, 6.45) is 5.22. The molecule has 0 fully saturated rings. The fourth-order valence-corrected chi connectivity index (χ4v) is 4.15. The topological polar surface area (TPSA) is 60.2 Å². The highest BCUT2D eigenvalue weighted by atomic mass is 79.9. The van der Waals surface area contributed by atoms with E-state index < -0.39 is 26.6 Å². The number of allylic oxidation sites excluding steroid dienone is 4. The van der Waals surface area contributed by atoms with Gasteiger partial charge in [-0.25, -0.2) is 22.3 Å². The van der Waals surface area contributed by atoms with E-state index in [9.17, 15) is 17.2 Å². The number of halogens is 3. The molecule has 8 heteroatoms. The number of rotatable bonds is 3. The van der Waals surface area contributed by atoms with E-state index in [-0.39, 0.29) is 11.5 Å². The Morgan fingerprint density at radius 3 is 2.30 bits per heavy atom. The van der Waals surface area contributed by atoms with E-state index in [0.717, 1.165) is 27.7 Å². The van der Waals surface area contributed by atoms with E-state index in [1.54, 1.807) is 12.2 Å². The Morgan fingerprint density at radius 2 is 1.78 bits per heavy atom. The van der Waals surface area contributed by atoms with Crippen LogP contribution in [-0.2, 0) is 10.0 Å². The molecule has 2 aromatic carbocycles. The van der Waals surface area contributed by atoms with Crippen molar-refractivity contribution in [2.45, 2.75) is 17.7 Å². The van der Waals surface area contributed by atoms with Gasteiger partial charge in [-0.2, -0.15) is 0 Å². The molecular formula is C19H14BrF2NO2S2. The third-order valence-corrected chi connectivity index (χ3v) is 6.45. The summed E-state index contributed by atoms with van der Waals surface area (Å²) in [7, 11) is -4.49. The lowest BCUT2D eigenvalue weighted by Crippen LogP contribution is -2.16. The van der Waals surface area contributed by atoms with Crippen molar-refractivity contribution in [1.82, 2.24) is 0 Å². The van der Waals surface area contributed by atoms with Crippen LogP contribution in [0.3, 0.4) is 0 Å². The van der Waals surface area contributed by atoms with Crippen molar-refractivity contribution < 1.29 is 17.2 Å². The minimum atomic E-state index is -4.49. The van der Waals surface area contributed by atoms with Crippen LogP contribution in [0.2, 0.25) is 0 Å². The van der Waals surface area contributed by atoms with Crippen LogP contribution in [0.15, 0.2) is 57.9 Å². The standard InChI is InChI=1S/C19H14BrF2NO2S2/c1-10-6-12(3-5-15(10)20)14-4-2-11(9-18(14)26)13-7-16(21)19(17(22)8-13)27(23,24)25/h2-9,14H,1H3,(H2,23,24,25). The monoisotopic (exact) mass is 469 g/mol. The minimum absolute atomic E-state index is 0.131. The van der Waals surface area contributed by atoms with Crippen molar-refractivity contribution in [3.8, 4) is 0 Å². The molecule has 0 aliphatic heterocycles. The fourth-order valence-electron chi connectivity index (χ4n) is 2.90. The summed E-state index contributed by atoms with van der Waals surface area (Å²) < 4.78 is 51.8. The van der Waals surface area contributed by atoms with Gasteiger partial charge in [0.1, 0.15) is 11.6 Å². The quantitative estimate of drug-likeness (QED) is 0.657. The first-order chi connectivity index (χ1) is 12.6. The predicted octanol–water partition coefficient (Wildman–Crippen LogP) is 4.79. The van der Waals surface area contributed by atoms with Crippen LogP contribution >= 0.6 is 28.1 Å². The lowest BCUT2D eigenvalue weighted by molar-refractivity contribution is 0.519. The largest absolute Gasteiger partial charge is 0.243 e. The van der Waals surface area contributed by atoms with E-state index >= 15 is 0 Å². The van der Waals surface area contributed by atoms with Gasteiger partial charge in [-0.05, 0) is 53.5 Å². The van der Waals surface area contributed by atoms with E-state index in [1.807, 2.05) is 31.2 Å². The Balaban J connectivity index is 1.96. The molecule has 0 saturated carbocycles. The van der Waals surface area contributed by atoms with Crippen molar-refractivity contribution >= 4 is 48.6 Å². The highest BCUT2D eigenvalue weighted by Crippen LogP contribution is 2.32. The number of benzene rings is 2. The zero-order valence-electron chi connectivity index (χ0n) is 14.0. The van der Waals surface area contributed by atoms with Gasteiger partial charge in [0.15, 0.2) is 4.90 Å². The lowest BCUT2D eigenvalue weighted by atomic mass is 9.87. The molecule has 1 aliphatic rings. The molecule has 0 aromatic heterocycles. The van der Waals surface area contributed by atoms with Gasteiger partial charge in [0, 0.05) is 15.3 Å². The Kier molecular flexibility index (Phi) is 5.45. The third kappa shape index (κ3) is 4.08. The van der Waals surface area contributed by atoms with Crippen LogP contribution in [-0.4, -0.2) is 13.3 Å². The number of thiocarbonyl (C=S) groups is 1. The van der Waals surface area contributed by atoms with Crippen molar-refractivity contribution in [2.24, 2.45) is 5.14 Å². The van der Waals surface area contributed by atoms with Crippen LogP contribution < -0.4 is 5.14 Å². The maximum atomic E-state index is 14.1. The first-order valence-electron chi connectivity index (χ1n) is 7.80. The second kappa shape index (κ2) is 7.35. The van der Waals surface area contributed by atoms with Gasteiger partial charge < -0.3 is 0 Å². The zero-order valence-corrected chi connectivity index (χ0v) is 17.3. The first kappa shape index (κ1) is 20.0. The molecule has 0 radical (unpaired) electrons. The minimum Gasteiger partial charge on any atom is -0.224 e. The molecule has 0 bridgehead atoms. The fraction of sp³-hybridized carbons (Fsp3) is 0.105. The summed E-state index contributed by atoms with van der Waals surface area (Å²) >= 11 is 8.93. The average molecular weight is 470 g/mol. The van der Waals surface area contributed by atoms with Gasteiger partial charge in [-0.3, -0.25) is 0 Å². The predicted molar refractivity (Wildman–Crippen MR) is 109 cm³/mol. The van der Waals surface area contributed by atoms with Crippen molar-refractivity contribution in [3.05, 3.63) is 81.4 Å². The summed E-state index contributed by atoms with van der Waals surface area (Å²) in [4.78, 5) is -0.553. The van der Waals surface area contributed by atoms with Gasteiger partial charge in [-0.15, -0.1) is 0 Å².